The molecule has 0 aliphatic carbocycles. The van der Waals surface area contributed by atoms with Crippen molar-refractivity contribution >= 4 is 46.5 Å². The maximum absolute atomic E-state index is 13.3. The van der Waals surface area contributed by atoms with E-state index in [2.05, 4.69) is 34.0 Å². The zero-order valence-corrected chi connectivity index (χ0v) is 21.9. The van der Waals surface area contributed by atoms with Gasteiger partial charge in [-0.3, -0.25) is 9.59 Å². The van der Waals surface area contributed by atoms with E-state index in [1.807, 2.05) is 12.1 Å². The van der Waals surface area contributed by atoms with Gasteiger partial charge in [-0.2, -0.15) is 0 Å². The van der Waals surface area contributed by atoms with E-state index in [-0.39, 0.29) is 30.8 Å². The van der Waals surface area contributed by atoms with E-state index in [1.54, 1.807) is 17.0 Å². The summed E-state index contributed by atoms with van der Waals surface area (Å²) in [5.41, 5.74) is 3.21. The molecule has 2 aromatic rings. The lowest BCUT2D eigenvalue weighted by atomic mass is 10.0. The number of rotatable bonds is 7. The van der Waals surface area contributed by atoms with Crippen molar-refractivity contribution in [2.24, 2.45) is 0 Å². The Morgan fingerprint density at radius 1 is 1.06 bits per heavy atom. The molecule has 9 nitrogen and oxygen atoms in total. The van der Waals surface area contributed by atoms with Crippen molar-refractivity contribution in [3.8, 4) is 0 Å². The van der Waals surface area contributed by atoms with E-state index in [4.69, 9.17) is 16.3 Å². The highest BCUT2D eigenvalue weighted by Gasteiger charge is 2.24. The van der Waals surface area contributed by atoms with Gasteiger partial charge in [0, 0.05) is 38.4 Å². The number of nitrogens with zero attached hydrogens (tertiary/aromatic N) is 2. The van der Waals surface area contributed by atoms with Crippen LogP contribution in [0.5, 0.6) is 0 Å². The zero-order valence-electron chi connectivity index (χ0n) is 20.3. The van der Waals surface area contributed by atoms with Crippen molar-refractivity contribution < 1.29 is 19.1 Å². The van der Waals surface area contributed by atoms with E-state index in [1.165, 1.54) is 11.1 Å². The second kappa shape index (κ2) is 12.5. The van der Waals surface area contributed by atoms with Gasteiger partial charge in [0.25, 0.3) is 5.91 Å². The van der Waals surface area contributed by atoms with Gasteiger partial charge >= 0.3 is 6.03 Å². The van der Waals surface area contributed by atoms with Gasteiger partial charge < -0.3 is 30.5 Å². The fourth-order valence-electron chi connectivity index (χ4n) is 4.28. The molecular weight excluding hydrogens is 502 g/mol. The van der Waals surface area contributed by atoms with E-state index in [0.29, 0.717) is 41.2 Å². The van der Waals surface area contributed by atoms with Crippen LogP contribution in [-0.2, 0) is 22.4 Å². The molecule has 0 radical (unpaired) electrons. The largest absolute Gasteiger partial charge is 0.378 e. The number of carbonyl (C=O) groups excluding carboxylic acids is 3. The van der Waals surface area contributed by atoms with Crippen LogP contribution in [0.2, 0.25) is 4.34 Å². The summed E-state index contributed by atoms with van der Waals surface area (Å²) in [5.74, 6) is -0.714. The number of urea groups is 1. The quantitative estimate of drug-likeness (QED) is 0.507. The number of fused-ring (bicyclic) bond motifs is 1. The molecule has 194 valence electrons. The number of nitrogens with one attached hydrogen (secondary N) is 3. The lowest BCUT2D eigenvalue weighted by Gasteiger charge is -2.27. The first-order chi connectivity index (χ1) is 17.4. The van der Waals surface area contributed by atoms with Crippen LogP contribution >= 0.6 is 22.9 Å². The van der Waals surface area contributed by atoms with Gasteiger partial charge in [0.1, 0.15) is 6.04 Å². The molecule has 1 saturated heterocycles. The number of halogens is 1. The molecule has 1 fully saturated rings. The Balaban J connectivity index is 1.40. The number of ether oxygens (including phenoxy) is 1. The first-order valence-corrected chi connectivity index (χ1v) is 13.4. The monoisotopic (exact) mass is 533 g/mol. The van der Waals surface area contributed by atoms with Crippen molar-refractivity contribution in [2.75, 3.05) is 58.3 Å². The molecule has 11 heteroatoms. The van der Waals surface area contributed by atoms with E-state index in [9.17, 15) is 14.4 Å². The van der Waals surface area contributed by atoms with Crippen LogP contribution in [0.3, 0.4) is 0 Å². The van der Waals surface area contributed by atoms with Crippen LogP contribution in [0.25, 0.3) is 0 Å². The van der Waals surface area contributed by atoms with Crippen LogP contribution in [0.4, 0.5) is 10.5 Å². The van der Waals surface area contributed by atoms with Gasteiger partial charge in [0.15, 0.2) is 0 Å². The molecule has 36 heavy (non-hydrogen) atoms. The molecule has 1 unspecified atom stereocenters. The van der Waals surface area contributed by atoms with Gasteiger partial charge in [-0.1, -0.05) is 17.7 Å². The topological polar surface area (TPSA) is 103 Å². The highest BCUT2D eigenvalue weighted by molar-refractivity contribution is 7.18. The number of morpholine rings is 1. The van der Waals surface area contributed by atoms with Crippen molar-refractivity contribution in [1.82, 2.24) is 20.4 Å². The number of thiophene rings is 1. The van der Waals surface area contributed by atoms with Crippen molar-refractivity contribution in [3.63, 3.8) is 0 Å². The Morgan fingerprint density at radius 2 is 1.81 bits per heavy atom. The maximum Gasteiger partial charge on any atom is 0.317 e. The van der Waals surface area contributed by atoms with Gasteiger partial charge in [0.05, 0.1) is 22.4 Å². The molecule has 0 bridgehead atoms. The predicted molar refractivity (Wildman–Crippen MR) is 141 cm³/mol. The number of benzene rings is 1. The van der Waals surface area contributed by atoms with Crippen LogP contribution in [0.15, 0.2) is 30.3 Å². The predicted octanol–water partition coefficient (Wildman–Crippen LogP) is 2.60. The molecule has 0 saturated carbocycles. The Kier molecular flexibility index (Phi) is 9.19. The van der Waals surface area contributed by atoms with Crippen molar-refractivity contribution in [1.29, 1.82) is 0 Å². The fraction of sp³-hybridized carbons (Fsp3) is 0.480. The summed E-state index contributed by atoms with van der Waals surface area (Å²) < 4.78 is 5.78. The summed E-state index contributed by atoms with van der Waals surface area (Å²) in [5, 5.41) is 8.61. The first-order valence-electron chi connectivity index (χ1n) is 12.2. The fourth-order valence-corrected chi connectivity index (χ4v) is 5.23. The second-order valence-corrected chi connectivity index (χ2v) is 10.7. The van der Waals surface area contributed by atoms with Gasteiger partial charge in [-0.25, -0.2) is 4.79 Å². The number of hydrogen-bond acceptors (Lipinski definition) is 6. The van der Waals surface area contributed by atoms with E-state index < -0.39 is 6.04 Å². The number of amides is 4. The van der Waals surface area contributed by atoms with Gasteiger partial charge in [-0.15, -0.1) is 11.3 Å². The summed E-state index contributed by atoms with van der Waals surface area (Å²) in [6, 6.07) is 8.21. The highest BCUT2D eigenvalue weighted by Crippen LogP contribution is 2.22. The third-order valence-electron chi connectivity index (χ3n) is 6.43. The summed E-state index contributed by atoms with van der Waals surface area (Å²) >= 11 is 7.13. The van der Waals surface area contributed by atoms with Crippen molar-refractivity contribution in [3.05, 3.63) is 50.7 Å². The number of hydrogen-bond donors (Lipinski definition) is 3. The minimum atomic E-state index is -0.840. The lowest BCUT2D eigenvalue weighted by Crippen LogP contribution is -2.49. The number of carbonyl (C=O) groups is 3. The smallest absolute Gasteiger partial charge is 0.317 e. The Labute approximate surface area is 220 Å². The normalized spacial score (nSPS) is 17.0. The third kappa shape index (κ3) is 7.19. The van der Waals surface area contributed by atoms with Gasteiger partial charge in [-0.05, 0) is 61.7 Å². The van der Waals surface area contributed by atoms with Crippen LogP contribution in [0, 0.1) is 0 Å². The molecule has 4 rings (SSSR count). The standard InChI is InChI=1S/C25H32ClN5O4S/c1-30-10-7-17-2-3-19(16-18(17)8-11-30)28-23(32)20(29-24(33)21-4-5-22(26)36-21)6-9-27-25(34)31-12-14-35-15-13-31/h2-5,16,20H,6-15H2,1H3,(H,27,34)(H,28,32)(H,29,33). The highest BCUT2D eigenvalue weighted by atomic mass is 35.5. The molecule has 0 spiro atoms. The third-order valence-corrected chi connectivity index (χ3v) is 7.66. The molecule has 1 aromatic heterocycles. The summed E-state index contributed by atoms with van der Waals surface area (Å²) in [7, 11) is 2.11. The summed E-state index contributed by atoms with van der Waals surface area (Å²) in [6.07, 6.45) is 2.13. The molecule has 1 atom stereocenters. The molecular formula is C25H32ClN5O4S. The van der Waals surface area contributed by atoms with Crippen molar-refractivity contribution in [2.45, 2.75) is 25.3 Å². The number of likely N-dealkylation sites (N-methyl/N-ethyl adjacent to an activating group) is 1. The molecule has 1 aromatic carbocycles. The minimum absolute atomic E-state index is 0.204. The molecule has 2 aliphatic heterocycles. The average Bonchev–Trinajstić information content (AvgIpc) is 3.24. The maximum atomic E-state index is 13.3. The zero-order chi connectivity index (χ0) is 25.5. The summed E-state index contributed by atoms with van der Waals surface area (Å²) in [4.78, 5) is 42.9. The molecule has 2 aliphatic rings. The van der Waals surface area contributed by atoms with E-state index >= 15 is 0 Å². The molecule has 3 N–H and O–H groups in total. The van der Waals surface area contributed by atoms with Crippen LogP contribution in [0.1, 0.15) is 27.2 Å². The Morgan fingerprint density at radius 3 is 2.53 bits per heavy atom. The Hall–Kier alpha value is -2.66. The SMILES string of the molecule is CN1CCc2ccc(NC(=O)C(CCNC(=O)N3CCOCC3)NC(=O)c3ccc(Cl)s3)cc2CC1. The van der Waals surface area contributed by atoms with Crippen LogP contribution in [-0.4, -0.2) is 86.7 Å². The average molecular weight is 534 g/mol. The van der Waals surface area contributed by atoms with E-state index in [0.717, 1.165) is 37.3 Å². The molecule has 3 heterocycles. The number of anilines is 1. The lowest BCUT2D eigenvalue weighted by molar-refractivity contribution is -0.118. The second-order valence-electron chi connectivity index (χ2n) is 9.03. The van der Waals surface area contributed by atoms with Gasteiger partial charge in [0.2, 0.25) is 5.91 Å². The molecule has 4 amide bonds. The van der Waals surface area contributed by atoms with Crippen LogP contribution < -0.4 is 16.0 Å². The Bertz CT molecular complexity index is 1090. The first kappa shape index (κ1) is 26.4. The minimum Gasteiger partial charge on any atom is -0.378 e. The summed E-state index contributed by atoms with van der Waals surface area (Å²) in [6.45, 7) is 4.28.